The van der Waals surface area contributed by atoms with E-state index in [4.69, 9.17) is 41.3 Å². The van der Waals surface area contributed by atoms with Gasteiger partial charge in [-0.2, -0.15) is 0 Å². The summed E-state index contributed by atoms with van der Waals surface area (Å²) in [5, 5.41) is -1.30. The Kier molecular flexibility index (Phi) is 10.4. The van der Waals surface area contributed by atoms with Crippen LogP contribution in [0.15, 0.2) is 121 Å². The number of para-hydroxylation sites is 4. The van der Waals surface area contributed by atoms with E-state index >= 15 is 0 Å². The topological polar surface area (TPSA) is 71.1 Å². The van der Waals surface area contributed by atoms with Crippen LogP contribution < -0.4 is 18.1 Å². The molecule has 0 N–H and O–H groups in total. The molecule has 0 saturated carbocycles. The van der Waals surface area contributed by atoms with Crippen molar-refractivity contribution in [1.29, 1.82) is 0 Å². The maximum atomic E-state index is 14.8. The van der Waals surface area contributed by atoms with E-state index in [9.17, 15) is 9.13 Å². The summed E-state index contributed by atoms with van der Waals surface area (Å²) in [7, 11) is -9.43. The maximum absolute atomic E-state index is 14.8. The number of halogens is 2. The molecule has 1 atom stereocenters. The third-order valence-corrected chi connectivity index (χ3v) is 13.0. The molecule has 0 saturated heterocycles. The molecule has 0 aromatic heterocycles. The summed E-state index contributed by atoms with van der Waals surface area (Å²) < 4.78 is 50.9. The second-order valence-electron chi connectivity index (χ2n) is 7.86. The third kappa shape index (κ3) is 6.60. The Labute approximate surface area is 242 Å². The fraction of sp³-hybridized carbons (Fsp3) is 0.111. The van der Waals surface area contributed by atoms with Crippen LogP contribution >= 0.6 is 38.4 Å². The molecule has 4 aromatic rings. The summed E-state index contributed by atoms with van der Waals surface area (Å²) in [5.74, 6) is 0.648. The quantitative estimate of drug-likeness (QED) is 0.0930. The van der Waals surface area contributed by atoms with E-state index < -0.39 is 24.9 Å². The zero-order chi connectivity index (χ0) is 26.4. The van der Waals surface area contributed by atoms with E-state index in [-0.39, 0.29) is 39.5 Å². The second kappa shape index (κ2) is 13.1. The summed E-state index contributed by atoms with van der Waals surface area (Å²) in [6, 6.07) is 33.0. The van der Waals surface area contributed by atoms with E-state index in [1.165, 1.54) is 6.92 Å². The van der Waals surface area contributed by atoms with Gasteiger partial charge in [0.05, 0.1) is 5.38 Å². The van der Waals surface area contributed by atoms with Gasteiger partial charge in [-0.1, -0.05) is 84.4 Å². The summed E-state index contributed by atoms with van der Waals surface area (Å²) in [6.45, 7) is 1.43. The van der Waals surface area contributed by atoms with Gasteiger partial charge in [0.15, 0.2) is 0 Å². The average Bonchev–Trinajstić information content (AvgIpc) is 2.90. The first-order valence-corrected chi connectivity index (χ1v) is 15.2. The van der Waals surface area contributed by atoms with Crippen molar-refractivity contribution in [2.24, 2.45) is 0 Å². The first-order valence-electron chi connectivity index (χ1n) is 11.3. The first-order chi connectivity index (χ1) is 17.8. The van der Waals surface area contributed by atoms with E-state index in [2.05, 4.69) is 0 Å². The second-order valence-corrected chi connectivity index (χ2v) is 14.1. The van der Waals surface area contributed by atoms with Gasteiger partial charge in [-0.25, -0.2) is 9.13 Å². The maximum Gasteiger partial charge on any atom is 0.468 e. The Bertz CT molecular complexity index is 1190. The fourth-order valence-electron chi connectivity index (χ4n) is 3.36. The predicted octanol–water partition coefficient (Wildman–Crippen LogP) is 9.21. The molecule has 6 nitrogen and oxygen atoms in total. The summed E-state index contributed by atoms with van der Waals surface area (Å²) in [5.41, 5.74) is 0. The smallest absolute Gasteiger partial charge is 0.414 e. The number of alkyl halides is 2. The van der Waals surface area contributed by atoms with Crippen LogP contribution in [0.3, 0.4) is 0 Å². The minimum atomic E-state index is -4.72. The molecule has 0 amide bonds. The monoisotopic (exact) mass is 634 g/mol. The Balaban J connectivity index is 0.00000400. The molecule has 11 heteroatoms. The number of rotatable bonds is 11. The van der Waals surface area contributed by atoms with E-state index in [0.717, 1.165) is 0 Å². The molecule has 0 spiro atoms. The Morgan fingerprint density at radius 1 is 0.553 bits per heavy atom. The molecule has 4 rings (SSSR count). The standard InChI is InChI=1S/C27H24Cl2O6P2.Ni/c1-22(28)27(29,36(30,32-23-14-6-2-7-15-23)33-24-16-8-3-9-17-24)37(31,34-25-18-10-4-11-19-25)35-26-20-12-5-13-21-26;/h2-22H,1H3;. The van der Waals surface area contributed by atoms with Crippen molar-refractivity contribution in [1.82, 2.24) is 0 Å². The molecule has 0 heterocycles. The van der Waals surface area contributed by atoms with Gasteiger partial charge in [0.1, 0.15) is 23.0 Å². The van der Waals surface area contributed by atoms with E-state index in [1.807, 2.05) is 0 Å². The van der Waals surface area contributed by atoms with Gasteiger partial charge in [0, 0.05) is 16.5 Å². The number of benzene rings is 4. The molecule has 202 valence electrons. The number of hydrogen-bond acceptors (Lipinski definition) is 6. The minimum absolute atomic E-state index is 0. The Morgan fingerprint density at radius 2 is 0.763 bits per heavy atom. The average molecular weight is 636 g/mol. The Hall–Kier alpha value is -2.39. The van der Waals surface area contributed by atoms with Crippen LogP contribution in [-0.2, 0) is 25.6 Å². The zero-order valence-corrected chi connectivity index (χ0v) is 24.3. The summed E-state index contributed by atoms with van der Waals surface area (Å²) in [4.78, 5) is 0. The van der Waals surface area contributed by atoms with Crippen LogP contribution in [0.25, 0.3) is 0 Å². The van der Waals surface area contributed by atoms with E-state index in [0.29, 0.717) is 0 Å². The van der Waals surface area contributed by atoms with Crippen molar-refractivity contribution in [3.63, 3.8) is 0 Å². The van der Waals surface area contributed by atoms with Crippen molar-refractivity contribution in [3.8, 4) is 23.0 Å². The molecular formula is C27H24Cl2NiO6P2. The van der Waals surface area contributed by atoms with Gasteiger partial charge in [-0.15, -0.1) is 11.6 Å². The normalized spacial score (nSPS) is 12.5. The molecule has 0 radical (unpaired) electrons. The molecule has 0 fully saturated rings. The summed E-state index contributed by atoms with van der Waals surface area (Å²) in [6.07, 6.45) is 0. The van der Waals surface area contributed by atoms with Gasteiger partial charge in [-0.05, 0) is 55.5 Å². The van der Waals surface area contributed by atoms with E-state index in [1.54, 1.807) is 121 Å². The van der Waals surface area contributed by atoms with Crippen molar-refractivity contribution in [2.45, 2.75) is 16.7 Å². The van der Waals surface area contributed by atoms with Crippen molar-refractivity contribution >= 4 is 38.4 Å². The van der Waals surface area contributed by atoms with Gasteiger partial charge in [0.2, 0.25) is 0 Å². The van der Waals surface area contributed by atoms with Crippen molar-refractivity contribution < 1.29 is 43.7 Å². The first kappa shape index (κ1) is 30.2. The molecule has 0 aliphatic heterocycles. The SMILES string of the molecule is CC(Cl)C(Cl)(P(=O)(Oc1ccccc1)Oc1ccccc1)P(=O)(Oc1ccccc1)Oc1ccccc1.[Ni]. The minimum Gasteiger partial charge on any atom is -0.414 e. The van der Waals surface area contributed by atoms with Crippen LogP contribution in [0.1, 0.15) is 6.92 Å². The van der Waals surface area contributed by atoms with Crippen LogP contribution in [-0.4, -0.2) is 9.73 Å². The molecule has 0 aliphatic rings. The van der Waals surface area contributed by atoms with Crippen LogP contribution in [0.5, 0.6) is 23.0 Å². The van der Waals surface area contributed by atoms with Gasteiger partial charge in [0.25, 0.3) is 0 Å². The van der Waals surface area contributed by atoms with Crippen LogP contribution in [0.2, 0.25) is 0 Å². The zero-order valence-electron chi connectivity index (χ0n) is 20.0. The number of hydrogen-bond donors (Lipinski definition) is 0. The van der Waals surface area contributed by atoms with Gasteiger partial charge < -0.3 is 18.1 Å². The molecule has 0 bridgehead atoms. The van der Waals surface area contributed by atoms with Crippen molar-refractivity contribution in [3.05, 3.63) is 121 Å². The molecular weight excluding hydrogens is 612 g/mol. The third-order valence-electron chi connectivity index (χ3n) is 5.15. The molecule has 0 aliphatic carbocycles. The van der Waals surface area contributed by atoms with Crippen LogP contribution in [0.4, 0.5) is 0 Å². The van der Waals surface area contributed by atoms with Crippen molar-refractivity contribution in [2.75, 3.05) is 0 Å². The molecule has 4 aromatic carbocycles. The molecule has 1 unspecified atom stereocenters. The van der Waals surface area contributed by atoms with Crippen LogP contribution in [0, 0.1) is 0 Å². The Morgan fingerprint density at radius 3 is 0.947 bits per heavy atom. The van der Waals surface area contributed by atoms with Gasteiger partial charge >= 0.3 is 19.5 Å². The van der Waals surface area contributed by atoms with Gasteiger partial charge in [-0.3, -0.25) is 0 Å². The largest absolute Gasteiger partial charge is 0.468 e. The predicted molar refractivity (Wildman–Crippen MR) is 147 cm³/mol. The fourth-order valence-corrected chi connectivity index (χ4v) is 9.24. The summed E-state index contributed by atoms with van der Waals surface area (Å²) >= 11 is 13.8. The molecule has 38 heavy (non-hydrogen) atoms.